The maximum Gasteiger partial charge on any atom is 0.341 e. The monoisotopic (exact) mass is 212 g/mol. The molecule has 0 aromatic carbocycles. The minimum absolute atomic E-state index is 0.0772. The molecule has 0 aliphatic carbocycles. The predicted molar refractivity (Wildman–Crippen MR) is 53.5 cm³/mol. The van der Waals surface area contributed by atoms with E-state index in [1.54, 1.807) is 6.92 Å². The Morgan fingerprint density at radius 1 is 1.50 bits per heavy atom. The van der Waals surface area contributed by atoms with E-state index in [2.05, 4.69) is 12.6 Å². The van der Waals surface area contributed by atoms with Gasteiger partial charge in [-0.3, -0.25) is 4.57 Å². The molecular formula is C7H17O3PS. The van der Waals surface area contributed by atoms with Crippen LogP contribution in [0.3, 0.4) is 0 Å². The first-order chi connectivity index (χ1) is 5.29. The Morgan fingerprint density at radius 3 is 2.00 bits per heavy atom. The molecule has 2 atom stereocenters. The summed E-state index contributed by atoms with van der Waals surface area (Å²) in [6.07, 6.45) is 1.11. The second-order valence-corrected chi connectivity index (χ2v) is 6.12. The van der Waals surface area contributed by atoms with Gasteiger partial charge in [0.05, 0.1) is 0 Å². The zero-order valence-corrected chi connectivity index (χ0v) is 9.48. The van der Waals surface area contributed by atoms with Crippen molar-refractivity contribution in [2.45, 2.75) is 38.1 Å². The first-order valence-corrected chi connectivity index (χ1v) is 6.13. The van der Waals surface area contributed by atoms with Gasteiger partial charge in [0.25, 0.3) is 0 Å². The van der Waals surface area contributed by atoms with Gasteiger partial charge in [-0.05, 0) is 12.3 Å². The molecule has 0 rings (SSSR count). The predicted octanol–water partition coefficient (Wildman–Crippen LogP) is 2.25. The Hall–Kier alpha value is 0.500. The van der Waals surface area contributed by atoms with Crippen molar-refractivity contribution in [2.75, 3.05) is 0 Å². The Labute approximate surface area is 79.1 Å². The van der Waals surface area contributed by atoms with Crippen molar-refractivity contribution >= 4 is 20.2 Å². The van der Waals surface area contributed by atoms with Gasteiger partial charge in [-0.15, -0.1) is 0 Å². The van der Waals surface area contributed by atoms with E-state index in [1.807, 2.05) is 13.8 Å². The zero-order chi connectivity index (χ0) is 9.99. The lowest BCUT2D eigenvalue weighted by Crippen LogP contribution is -2.29. The largest absolute Gasteiger partial charge is 0.341 e. The highest BCUT2D eigenvalue weighted by molar-refractivity contribution is 7.90. The fourth-order valence-electron chi connectivity index (χ4n) is 1.17. The van der Waals surface area contributed by atoms with Crippen molar-refractivity contribution in [3.05, 3.63) is 0 Å². The van der Waals surface area contributed by atoms with E-state index in [4.69, 9.17) is 9.79 Å². The average molecular weight is 212 g/mol. The molecule has 0 saturated carbocycles. The molecule has 0 spiro atoms. The zero-order valence-electron chi connectivity index (χ0n) is 7.69. The van der Waals surface area contributed by atoms with Crippen LogP contribution < -0.4 is 0 Å². The highest BCUT2D eigenvalue weighted by atomic mass is 32.1. The summed E-state index contributed by atoms with van der Waals surface area (Å²) in [4.78, 5) is 18.1. The average Bonchev–Trinajstić information content (AvgIpc) is 1.99. The van der Waals surface area contributed by atoms with E-state index in [0.717, 1.165) is 6.42 Å². The molecule has 2 N–H and O–H groups in total. The highest BCUT2D eigenvalue weighted by Crippen LogP contribution is 2.59. The number of hydrogen-bond donors (Lipinski definition) is 3. The van der Waals surface area contributed by atoms with Gasteiger partial charge in [0.2, 0.25) is 0 Å². The lowest BCUT2D eigenvalue weighted by molar-refractivity contribution is 0.319. The van der Waals surface area contributed by atoms with Gasteiger partial charge < -0.3 is 9.79 Å². The van der Waals surface area contributed by atoms with Crippen LogP contribution in [0.4, 0.5) is 0 Å². The third kappa shape index (κ3) is 2.25. The minimum Gasteiger partial charge on any atom is -0.323 e. The fraction of sp³-hybridized carbons (Fsp3) is 1.00. The van der Waals surface area contributed by atoms with Gasteiger partial charge in [-0.1, -0.05) is 27.2 Å². The van der Waals surface area contributed by atoms with E-state index in [0.29, 0.717) is 6.42 Å². The quantitative estimate of drug-likeness (QED) is 0.495. The smallest absolute Gasteiger partial charge is 0.323 e. The molecule has 0 aromatic rings. The van der Waals surface area contributed by atoms with Crippen LogP contribution in [-0.2, 0) is 4.57 Å². The molecule has 2 unspecified atom stereocenters. The van der Waals surface area contributed by atoms with E-state index in [-0.39, 0.29) is 5.92 Å². The van der Waals surface area contributed by atoms with Crippen LogP contribution in [-0.4, -0.2) is 14.3 Å². The molecule has 0 amide bonds. The Balaban J connectivity index is 4.80. The molecule has 12 heavy (non-hydrogen) atoms. The minimum atomic E-state index is -4.10. The van der Waals surface area contributed by atoms with Crippen LogP contribution in [0.1, 0.15) is 33.6 Å². The summed E-state index contributed by atoms with van der Waals surface area (Å²) in [5.41, 5.74) is 0. The molecule has 0 heterocycles. The highest BCUT2D eigenvalue weighted by Gasteiger charge is 2.45. The standard InChI is InChI=1S/C7H17O3PS/c1-4-6(3)7(12,5-2)11(8,9)10/h6,12H,4-5H2,1-3H3,(H2,8,9,10). The van der Waals surface area contributed by atoms with Crippen LogP contribution in [0.25, 0.3) is 0 Å². The first-order valence-electron chi connectivity index (χ1n) is 4.07. The second-order valence-electron chi connectivity index (χ2n) is 3.09. The van der Waals surface area contributed by atoms with Crippen molar-refractivity contribution in [3.8, 4) is 0 Å². The van der Waals surface area contributed by atoms with Crippen LogP contribution in [0.15, 0.2) is 0 Å². The fourth-order valence-corrected chi connectivity index (χ4v) is 2.52. The summed E-state index contributed by atoms with van der Waals surface area (Å²) >= 11 is 4.11. The van der Waals surface area contributed by atoms with Crippen molar-refractivity contribution in [1.82, 2.24) is 0 Å². The second kappa shape index (κ2) is 4.14. The van der Waals surface area contributed by atoms with E-state index < -0.39 is 12.1 Å². The summed E-state index contributed by atoms with van der Waals surface area (Å²) in [7, 11) is -4.10. The summed E-state index contributed by atoms with van der Waals surface area (Å²) in [5.74, 6) is -0.0772. The van der Waals surface area contributed by atoms with Gasteiger partial charge >= 0.3 is 7.60 Å². The van der Waals surface area contributed by atoms with Crippen molar-refractivity contribution < 1.29 is 14.4 Å². The molecule has 0 saturated heterocycles. The van der Waals surface area contributed by atoms with Crippen LogP contribution in [0.5, 0.6) is 0 Å². The van der Waals surface area contributed by atoms with Gasteiger partial charge in [0.1, 0.15) is 4.49 Å². The van der Waals surface area contributed by atoms with Gasteiger partial charge in [0.15, 0.2) is 0 Å². The van der Waals surface area contributed by atoms with Gasteiger partial charge in [0, 0.05) is 0 Å². The molecule has 3 nitrogen and oxygen atoms in total. The third-order valence-electron chi connectivity index (χ3n) is 2.43. The Morgan fingerprint density at radius 2 is 1.92 bits per heavy atom. The van der Waals surface area contributed by atoms with Crippen LogP contribution in [0.2, 0.25) is 0 Å². The van der Waals surface area contributed by atoms with Gasteiger partial charge in [-0.25, -0.2) is 0 Å². The van der Waals surface area contributed by atoms with Gasteiger partial charge in [-0.2, -0.15) is 12.6 Å². The molecule has 0 aliphatic rings. The lowest BCUT2D eigenvalue weighted by atomic mass is 10.0. The van der Waals surface area contributed by atoms with Crippen molar-refractivity contribution in [2.24, 2.45) is 5.92 Å². The number of rotatable bonds is 4. The molecule has 0 aliphatic heterocycles. The normalized spacial score (nSPS) is 20.2. The maximum atomic E-state index is 11.1. The molecule has 0 bridgehead atoms. The van der Waals surface area contributed by atoms with Crippen molar-refractivity contribution in [1.29, 1.82) is 0 Å². The van der Waals surface area contributed by atoms with E-state index in [9.17, 15) is 4.57 Å². The molecule has 0 aromatic heterocycles. The molecule has 74 valence electrons. The number of thiol groups is 1. The maximum absolute atomic E-state index is 11.1. The molecular weight excluding hydrogens is 195 g/mol. The number of hydrogen-bond acceptors (Lipinski definition) is 2. The SMILES string of the molecule is CCC(C)C(S)(CC)P(=O)(O)O. The third-order valence-corrected chi connectivity index (χ3v) is 5.73. The Kier molecular flexibility index (Phi) is 4.31. The molecule has 5 heteroatoms. The van der Waals surface area contributed by atoms with Crippen LogP contribution >= 0.6 is 20.2 Å². The molecule has 0 radical (unpaired) electrons. The summed E-state index contributed by atoms with van der Waals surface area (Å²) in [6.45, 7) is 5.47. The van der Waals surface area contributed by atoms with E-state index in [1.165, 1.54) is 0 Å². The summed E-state index contributed by atoms with van der Waals surface area (Å²) in [5, 5.41) is 0. The van der Waals surface area contributed by atoms with Crippen molar-refractivity contribution in [3.63, 3.8) is 0 Å². The lowest BCUT2D eigenvalue weighted by Gasteiger charge is -2.33. The molecule has 0 fully saturated rings. The topological polar surface area (TPSA) is 57.5 Å². The van der Waals surface area contributed by atoms with E-state index >= 15 is 0 Å². The summed E-state index contributed by atoms with van der Waals surface area (Å²) in [6, 6.07) is 0. The first kappa shape index (κ1) is 12.5. The Bertz CT molecular complexity index is 191. The van der Waals surface area contributed by atoms with Crippen LogP contribution in [0, 0.1) is 5.92 Å². The summed E-state index contributed by atoms with van der Waals surface area (Å²) < 4.78 is 9.95.